The lowest BCUT2D eigenvalue weighted by molar-refractivity contribution is 0.260. The first kappa shape index (κ1) is 14.1. The maximum Gasteiger partial charge on any atom is 0.0154 e. The van der Waals surface area contributed by atoms with Gasteiger partial charge in [-0.2, -0.15) is 0 Å². The van der Waals surface area contributed by atoms with Crippen molar-refractivity contribution in [2.45, 2.75) is 69.4 Å². The van der Waals surface area contributed by atoms with Gasteiger partial charge in [0.25, 0.3) is 0 Å². The molecule has 2 heteroatoms. The first-order valence-corrected chi connectivity index (χ1v) is 8.34. The maximum absolute atomic E-state index is 6.58. The largest absolute Gasteiger partial charge is 0.325 e. The molecule has 1 saturated carbocycles. The molecule has 3 rings (SSSR count). The van der Waals surface area contributed by atoms with Gasteiger partial charge < -0.3 is 11.1 Å². The molecule has 0 spiro atoms. The Bertz CT molecular complexity index is 435. The lowest BCUT2D eigenvalue weighted by Crippen LogP contribution is -2.43. The zero-order valence-electron chi connectivity index (χ0n) is 12.5. The van der Waals surface area contributed by atoms with Gasteiger partial charge in [-0.05, 0) is 56.2 Å². The molecule has 1 aliphatic carbocycles. The van der Waals surface area contributed by atoms with E-state index in [0.29, 0.717) is 6.04 Å². The molecule has 1 aromatic carbocycles. The lowest BCUT2D eigenvalue weighted by Gasteiger charge is -2.34. The van der Waals surface area contributed by atoms with Crippen LogP contribution in [0.3, 0.4) is 0 Å². The Kier molecular flexibility index (Phi) is 4.42. The van der Waals surface area contributed by atoms with Crippen molar-refractivity contribution in [1.82, 2.24) is 5.32 Å². The van der Waals surface area contributed by atoms with Gasteiger partial charge in [-0.25, -0.2) is 0 Å². The van der Waals surface area contributed by atoms with Gasteiger partial charge in [0.2, 0.25) is 0 Å². The third-order valence-electron chi connectivity index (χ3n) is 5.25. The van der Waals surface area contributed by atoms with Crippen molar-refractivity contribution in [3.05, 3.63) is 35.4 Å². The second-order valence-electron chi connectivity index (χ2n) is 6.84. The zero-order valence-corrected chi connectivity index (χ0v) is 12.5. The van der Waals surface area contributed by atoms with Crippen LogP contribution in [0.5, 0.6) is 0 Å². The Morgan fingerprint density at radius 3 is 2.65 bits per heavy atom. The van der Waals surface area contributed by atoms with Gasteiger partial charge in [0, 0.05) is 11.6 Å². The van der Waals surface area contributed by atoms with Crippen LogP contribution in [0.1, 0.15) is 56.1 Å². The summed E-state index contributed by atoms with van der Waals surface area (Å²) in [7, 11) is 0. The summed E-state index contributed by atoms with van der Waals surface area (Å²) >= 11 is 0. The molecule has 0 aromatic heterocycles. The maximum atomic E-state index is 6.58. The van der Waals surface area contributed by atoms with E-state index in [4.69, 9.17) is 5.73 Å². The average molecular weight is 272 g/mol. The van der Waals surface area contributed by atoms with E-state index >= 15 is 0 Å². The molecular formula is C18H28N2. The van der Waals surface area contributed by atoms with Crippen LogP contribution in [-0.4, -0.2) is 18.1 Å². The van der Waals surface area contributed by atoms with Crippen LogP contribution < -0.4 is 11.1 Å². The SMILES string of the molecule is NC1(CCC2Cc3ccccc3CCN2)CCCCC1. The Balaban J connectivity index is 1.58. The fraction of sp³-hybridized carbons (Fsp3) is 0.667. The van der Waals surface area contributed by atoms with Crippen molar-refractivity contribution < 1.29 is 0 Å². The first-order valence-electron chi connectivity index (χ1n) is 8.34. The van der Waals surface area contributed by atoms with Crippen molar-refractivity contribution >= 4 is 0 Å². The van der Waals surface area contributed by atoms with Gasteiger partial charge in [-0.15, -0.1) is 0 Å². The van der Waals surface area contributed by atoms with Crippen LogP contribution in [0, 0.1) is 0 Å². The second-order valence-corrected chi connectivity index (χ2v) is 6.84. The lowest BCUT2D eigenvalue weighted by atomic mass is 9.78. The van der Waals surface area contributed by atoms with E-state index in [2.05, 4.69) is 29.6 Å². The number of nitrogens with one attached hydrogen (secondary N) is 1. The van der Waals surface area contributed by atoms with E-state index < -0.39 is 0 Å². The second kappa shape index (κ2) is 6.28. The molecule has 1 unspecified atom stereocenters. The number of nitrogens with two attached hydrogens (primary N) is 1. The Morgan fingerprint density at radius 2 is 1.85 bits per heavy atom. The summed E-state index contributed by atoms with van der Waals surface area (Å²) in [6.45, 7) is 1.11. The molecule has 1 fully saturated rings. The molecule has 1 atom stereocenters. The summed E-state index contributed by atoms with van der Waals surface area (Å²) in [6, 6.07) is 9.53. The summed E-state index contributed by atoms with van der Waals surface area (Å²) < 4.78 is 0. The zero-order chi connectivity index (χ0) is 13.8. The Labute approximate surface area is 123 Å². The number of hydrogen-bond donors (Lipinski definition) is 2. The van der Waals surface area contributed by atoms with E-state index in [-0.39, 0.29) is 5.54 Å². The highest BCUT2D eigenvalue weighted by Gasteiger charge is 2.28. The van der Waals surface area contributed by atoms with Crippen LogP contribution in [0.4, 0.5) is 0 Å². The summed E-state index contributed by atoms with van der Waals surface area (Å²) in [5.74, 6) is 0. The van der Waals surface area contributed by atoms with Crippen molar-refractivity contribution in [2.75, 3.05) is 6.54 Å². The van der Waals surface area contributed by atoms with Gasteiger partial charge in [0.05, 0.1) is 0 Å². The van der Waals surface area contributed by atoms with E-state index in [1.165, 1.54) is 68.9 Å². The average Bonchev–Trinajstić information content (AvgIpc) is 2.68. The summed E-state index contributed by atoms with van der Waals surface area (Å²) in [5, 5.41) is 3.73. The fourth-order valence-electron chi connectivity index (χ4n) is 3.92. The molecule has 110 valence electrons. The molecule has 1 aromatic rings. The molecular weight excluding hydrogens is 244 g/mol. The van der Waals surface area contributed by atoms with Gasteiger partial charge in [-0.1, -0.05) is 43.5 Å². The molecule has 0 saturated heterocycles. The molecule has 20 heavy (non-hydrogen) atoms. The van der Waals surface area contributed by atoms with Crippen LogP contribution in [-0.2, 0) is 12.8 Å². The molecule has 1 heterocycles. The van der Waals surface area contributed by atoms with Crippen LogP contribution in [0.15, 0.2) is 24.3 Å². The molecule has 2 nitrogen and oxygen atoms in total. The predicted octanol–water partition coefficient (Wildman–Crippen LogP) is 3.19. The van der Waals surface area contributed by atoms with Gasteiger partial charge >= 0.3 is 0 Å². The minimum absolute atomic E-state index is 0.131. The third kappa shape index (κ3) is 3.42. The topological polar surface area (TPSA) is 38.0 Å². The van der Waals surface area contributed by atoms with Gasteiger partial charge in [0.15, 0.2) is 0 Å². The fourth-order valence-corrected chi connectivity index (χ4v) is 3.92. The normalized spacial score (nSPS) is 25.8. The van der Waals surface area contributed by atoms with Crippen molar-refractivity contribution in [3.8, 4) is 0 Å². The molecule has 0 radical (unpaired) electrons. The smallest absolute Gasteiger partial charge is 0.0154 e. The molecule has 0 bridgehead atoms. The minimum atomic E-state index is 0.131. The van der Waals surface area contributed by atoms with E-state index in [0.717, 1.165) is 6.54 Å². The number of benzene rings is 1. The molecule has 1 aliphatic heterocycles. The quantitative estimate of drug-likeness (QED) is 0.887. The predicted molar refractivity (Wildman–Crippen MR) is 84.9 cm³/mol. The minimum Gasteiger partial charge on any atom is -0.325 e. The van der Waals surface area contributed by atoms with Crippen molar-refractivity contribution in [3.63, 3.8) is 0 Å². The summed E-state index contributed by atoms with van der Waals surface area (Å²) in [4.78, 5) is 0. The Hall–Kier alpha value is -0.860. The number of hydrogen-bond acceptors (Lipinski definition) is 2. The Morgan fingerprint density at radius 1 is 1.10 bits per heavy atom. The first-order chi connectivity index (χ1) is 9.75. The molecule has 2 aliphatic rings. The summed E-state index contributed by atoms with van der Waals surface area (Å²) in [6.07, 6.45) is 11.3. The van der Waals surface area contributed by atoms with Crippen LogP contribution in [0.2, 0.25) is 0 Å². The van der Waals surface area contributed by atoms with Crippen molar-refractivity contribution in [1.29, 1.82) is 0 Å². The molecule has 0 amide bonds. The monoisotopic (exact) mass is 272 g/mol. The number of rotatable bonds is 3. The van der Waals surface area contributed by atoms with Crippen LogP contribution in [0.25, 0.3) is 0 Å². The highest BCUT2D eigenvalue weighted by molar-refractivity contribution is 5.29. The highest BCUT2D eigenvalue weighted by Crippen LogP contribution is 2.30. The summed E-state index contributed by atoms with van der Waals surface area (Å²) in [5.41, 5.74) is 9.78. The van der Waals surface area contributed by atoms with Crippen LogP contribution >= 0.6 is 0 Å². The number of fused-ring (bicyclic) bond motifs is 1. The van der Waals surface area contributed by atoms with Gasteiger partial charge in [0.1, 0.15) is 0 Å². The highest BCUT2D eigenvalue weighted by atomic mass is 14.9. The standard InChI is InChI=1S/C18H28N2/c19-18(10-4-1-5-11-18)12-8-17-14-16-7-3-2-6-15(16)9-13-20-17/h2-3,6-7,17,20H,1,4-5,8-14,19H2. The molecule has 3 N–H and O–H groups in total. The van der Waals surface area contributed by atoms with E-state index in [9.17, 15) is 0 Å². The van der Waals surface area contributed by atoms with Crippen molar-refractivity contribution in [2.24, 2.45) is 5.73 Å². The van der Waals surface area contributed by atoms with Gasteiger partial charge in [-0.3, -0.25) is 0 Å². The van der Waals surface area contributed by atoms with E-state index in [1.54, 1.807) is 0 Å². The van der Waals surface area contributed by atoms with E-state index in [1.807, 2.05) is 0 Å². The third-order valence-corrected chi connectivity index (χ3v) is 5.25.